The van der Waals surface area contributed by atoms with Crippen LogP contribution in [0.3, 0.4) is 0 Å². The van der Waals surface area contributed by atoms with E-state index in [9.17, 15) is 0 Å². The van der Waals surface area contributed by atoms with Crippen molar-refractivity contribution >= 4 is 20.4 Å². The van der Waals surface area contributed by atoms with Crippen LogP contribution >= 0.6 is 15.9 Å². The summed E-state index contributed by atoms with van der Waals surface area (Å²) in [4.78, 5) is 0. The molecule has 0 aliphatic heterocycles. The first-order valence-electron chi connectivity index (χ1n) is 9.70. The van der Waals surface area contributed by atoms with Crippen LogP contribution in [0.4, 0.5) is 0 Å². The molecule has 0 bridgehead atoms. The van der Waals surface area contributed by atoms with Gasteiger partial charge in [-0.1, -0.05) is 93.9 Å². The number of hydrogen-bond donors (Lipinski definition) is 0. The minimum atomic E-state index is 0.106. The molecule has 0 saturated heterocycles. The monoisotopic (exact) mass is 408 g/mol. The minimum Gasteiger partial charge on any atom is -0.0596 e. The van der Waals surface area contributed by atoms with Gasteiger partial charge in [-0.2, -0.15) is 0 Å². The number of halogens is 1. The molecular formula is C25H29Br. The summed E-state index contributed by atoms with van der Waals surface area (Å²) < 4.78 is 1.22. The Morgan fingerprint density at radius 1 is 0.692 bits per heavy atom. The molecular weight excluding hydrogens is 380 g/mol. The maximum Gasteiger partial charge on any atom is 0.0219 e. The van der Waals surface area contributed by atoms with E-state index in [1.807, 2.05) is 0 Å². The topological polar surface area (TPSA) is 0 Å². The third-order valence-corrected chi connectivity index (χ3v) is 7.30. The summed E-state index contributed by atoms with van der Waals surface area (Å²) in [6.45, 7) is 14.1. The lowest BCUT2D eigenvalue weighted by molar-refractivity contribution is 0.332. The van der Waals surface area contributed by atoms with Crippen molar-refractivity contribution in [2.24, 2.45) is 0 Å². The molecule has 0 nitrogen and oxygen atoms in total. The molecule has 2 aliphatic carbocycles. The molecule has 4 rings (SSSR count). The first-order valence-corrected chi connectivity index (χ1v) is 10.5. The second-order valence-corrected chi connectivity index (χ2v) is 10.9. The molecule has 0 amide bonds. The van der Waals surface area contributed by atoms with Crippen molar-refractivity contribution in [3.63, 3.8) is 0 Å². The zero-order valence-electron chi connectivity index (χ0n) is 16.8. The average molecular weight is 409 g/mol. The average Bonchev–Trinajstić information content (AvgIpc) is 2.80. The van der Waals surface area contributed by atoms with Gasteiger partial charge in [-0.3, -0.25) is 0 Å². The van der Waals surface area contributed by atoms with Gasteiger partial charge in [-0.25, -0.2) is 0 Å². The standard InChI is InChI=1S/C25H29Br/c1-23(2)11-12-24(3,4)21-14-17(8-10-20(21)23)16-7-9-19-18(13-16)22(26)15-25(19,5)6/h7-10,13-15H,11-12H2,1-6H3. The van der Waals surface area contributed by atoms with Crippen LogP contribution in [0, 0.1) is 0 Å². The van der Waals surface area contributed by atoms with E-state index in [1.54, 1.807) is 0 Å². The van der Waals surface area contributed by atoms with Crippen molar-refractivity contribution in [1.82, 2.24) is 0 Å². The number of hydrogen-bond acceptors (Lipinski definition) is 0. The SMILES string of the molecule is CC1(C)C=C(Br)c2cc(-c3ccc4c(c3)C(C)(C)CCC4(C)C)ccc21. The van der Waals surface area contributed by atoms with Gasteiger partial charge in [-0.15, -0.1) is 0 Å². The highest BCUT2D eigenvalue weighted by Crippen LogP contribution is 2.48. The Bertz CT molecular complexity index is 925. The van der Waals surface area contributed by atoms with E-state index in [2.05, 4.69) is 99.9 Å². The van der Waals surface area contributed by atoms with Gasteiger partial charge in [-0.05, 0) is 63.1 Å². The zero-order chi connectivity index (χ0) is 18.9. The summed E-state index contributed by atoms with van der Waals surface area (Å²) in [5.41, 5.74) is 9.09. The van der Waals surface area contributed by atoms with Gasteiger partial charge in [0.1, 0.15) is 0 Å². The van der Waals surface area contributed by atoms with E-state index < -0.39 is 0 Å². The smallest absolute Gasteiger partial charge is 0.0219 e. The van der Waals surface area contributed by atoms with Crippen LogP contribution in [0.5, 0.6) is 0 Å². The van der Waals surface area contributed by atoms with Crippen molar-refractivity contribution in [1.29, 1.82) is 0 Å². The molecule has 0 spiro atoms. The summed E-state index contributed by atoms with van der Waals surface area (Å²) >= 11 is 3.77. The van der Waals surface area contributed by atoms with Crippen LogP contribution in [0.1, 0.15) is 76.6 Å². The predicted octanol–water partition coefficient (Wildman–Crippen LogP) is 7.73. The van der Waals surface area contributed by atoms with Crippen LogP contribution in [-0.2, 0) is 16.2 Å². The molecule has 0 heterocycles. The largest absolute Gasteiger partial charge is 0.0596 e. The molecule has 0 radical (unpaired) electrons. The van der Waals surface area contributed by atoms with Gasteiger partial charge in [0.25, 0.3) is 0 Å². The lowest BCUT2D eigenvalue weighted by Crippen LogP contribution is -2.33. The van der Waals surface area contributed by atoms with Crippen molar-refractivity contribution in [2.45, 2.75) is 70.6 Å². The third-order valence-electron chi connectivity index (χ3n) is 6.64. The fourth-order valence-corrected chi connectivity index (χ4v) is 5.62. The van der Waals surface area contributed by atoms with Gasteiger partial charge in [0.15, 0.2) is 0 Å². The quantitative estimate of drug-likeness (QED) is 0.452. The molecule has 0 atom stereocenters. The molecule has 0 N–H and O–H groups in total. The Hall–Kier alpha value is -1.34. The summed E-state index contributed by atoms with van der Waals surface area (Å²) in [5.74, 6) is 0. The second kappa shape index (κ2) is 5.58. The zero-order valence-corrected chi connectivity index (χ0v) is 18.4. The Kier molecular flexibility index (Phi) is 3.87. The highest BCUT2D eigenvalue weighted by molar-refractivity contribution is 9.15. The first kappa shape index (κ1) is 18.0. The van der Waals surface area contributed by atoms with Gasteiger partial charge >= 0.3 is 0 Å². The van der Waals surface area contributed by atoms with Crippen LogP contribution in [0.2, 0.25) is 0 Å². The second-order valence-electron chi connectivity index (χ2n) is 10.0. The van der Waals surface area contributed by atoms with Crippen LogP contribution in [0.15, 0.2) is 42.5 Å². The van der Waals surface area contributed by atoms with Gasteiger partial charge in [0.2, 0.25) is 0 Å². The highest BCUT2D eigenvalue weighted by Gasteiger charge is 2.37. The highest BCUT2D eigenvalue weighted by atomic mass is 79.9. The third kappa shape index (κ3) is 2.71. The number of rotatable bonds is 1. The fraction of sp³-hybridized carbons (Fsp3) is 0.440. The maximum atomic E-state index is 3.77. The molecule has 2 aromatic carbocycles. The van der Waals surface area contributed by atoms with Crippen molar-refractivity contribution < 1.29 is 0 Å². The van der Waals surface area contributed by atoms with Gasteiger partial charge in [0.05, 0.1) is 0 Å². The van der Waals surface area contributed by atoms with E-state index in [1.165, 1.54) is 50.7 Å². The molecule has 26 heavy (non-hydrogen) atoms. The predicted molar refractivity (Wildman–Crippen MR) is 117 cm³/mol. The lowest BCUT2D eigenvalue weighted by atomic mass is 9.63. The fourth-order valence-electron chi connectivity index (χ4n) is 4.72. The molecule has 1 heteroatoms. The first-order chi connectivity index (χ1) is 12.0. The van der Waals surface area contributed by atoms with Crippen LogP contribution < -0.4 is 0 Å². The number of benzene rings is 2. The van der Waals surface area contributed by atoms with Crippen molar-refractivity contribution in [3.05, 3.63) is 64.7 Å². The Labute approximate surface area is 166 Å². The Balaban J connectivity index is 1.84. The summed E-state index contributed by atoms with van der Waals surface area (Å²) in [6, 6.07) is 14.1. The van der Waals surface area contributed by atoms with Gasteiger partial charge in [0, 0.05) is 9.90 Å². The van der Waals surface area contributed by atoms with Crippen molar-refractivity contribution in [3.8, 4) is 11.1 Å². The van der Waals surface area contributed by atoms with E-state index >= 15 is 0 Å². The van der Waals surface area contributed by atoms with E-state index in [4.69, 9.17) is 0 Å². The van der Waals surface area contributed by atoms with Crippen LogP contribution in [0.25, 0.3) is 15.6 Å². The normalized spacial score (nSPS) is 21.7. The molecule has 0 fully saturated rings. The Morgan fingerprint density at radius 2 is 1.23 bits per heavy atom. The van der Waals surface area contributed by atoms with Crippen molar-refractivity contribution in [2.75, 3.05) is 0 Å². The summed E-state index contributed by atoms with van der Waals surface area (Å²) in [5, 5.41) is 0. The summed E-state index contributed by atoms with van der Waals surface area (Å²) in [7, 11) is 0. The number of allylic oxidation sites excluding steroid dienone is 1. The van der Waals surface area contributed by atoms with E-state index in [-0.39, 0.29) is 16.2 Å². The molecule has 0 unspecified atom stereocenters. The maximum absolute atomic E-state index is 3.77. The molecule has 0 saturated carbocycles. The molecule has 2 aliphatic rings. The number of fused-ring (bicyclic) bond motifs is 2. The van der Waals surface area contributed by atoms with Crippen LogP contribution in [-0.4, -0.2) is 0 Å². The van der Waals surface area contributed by atoms with Gasteiger partial charge < -0.3 is 0 Å². The Morgan fingerprint density at radius 3 is 1.88 bits per heavy atom. The molecule has 2 aromatic rings. The summed E-state index contributed by atoms with van der Waals surface area (Å²) in [6.07, 6.45) is 4.83. The van der Waals surface area contributed by atoms with E-state index in [0.717, 1.165) is 0 Å². The lowest BCUT2D eigenvalue weighted by Gasteiger charge is -2.42. The minimum absolute atomic E-state index is 0.106. The van der Waals surface area contributed by atoms with E-state index in [0.29, 0.717) is 0 Å². The molecule has 136 valence electrons. The molecule has 0 aromatic heterocycles.